The summed E-state index contributed by atoms with van der Waals surface area (Å²) in [6.07, 6.45) is 2.09. The summed E-state index contributed by atoms with van der Waals surface area (Å²) in [5, 5.41) is 1.34. The standard InChI is InChI=1S/C11H12N.2C2H6/c1-9-7-8-12(2)11-6-4-3-5-10(9)11;2*1-2/h3-8H,1-2H3;2*1-2H3/q+1;;. The molecule has 0 aliphatic carbocycles. The van der Waals surface area contributed by atoms with Gasteiger partial charge in [0, 0.05) is 17.5 Å². The Labute approximate surface area is 99.7 Å². The number of hydrogen-bond donors (Lipinski definition) is 0. The van der Waals surface area contributed by atoms with Crippen molar-refractivity contribution < 1.29 is 4.57 Å². The zero-order valence-corrected chi connectivity index (χ0v) is 11.4. The molecule has 0 spiro atoms. The van der Waals surface area contributed by atoms with Crippen molar-refractivity contribution in [3.05, 3.63) is 42.1 Å². The van der Waals surface area contributed by atoms with Gasteiger partial charge in [0.2, 0.25) is 5.52 Å². The van der Waals surface area contributed by atoms with Crippen molar-refractivity contribution in [1.29, 1.82) is 0 Å². The largest absolute Gasteiger partial charge is 0.212 e. The molecule has 16 heavy (non-hydrogen) atoms. The topological polar surface area (TPSA) is 3.88 Å². The Morgan fingerprint density at radius 2 is 1.44 bits per heavy atom. The third kappa shape index (κ3) is 3.34. The predicted octanol–water partition coefficient (Wildman–Crippen LogP) is 4.03. The molecule has 1 aromatic heterocycles. The monoisotopic (exact) mass is 218 g/mol. The fourth-order valence-corrected chi connectivity index (χ4v) is 1.51. The number of hydrogen-bond acceptors (Lipinski definition) is 0. The minimum atomic E-state index is 1.29. The second-order valence-electron chi connectivity index (χ2n) is 3.13. The van der Waals surface area contributed by atoms with Crippen LogP contribution in [-0.2, 0) is 7.05 Å². The summed E-state index contributed by atoms with van der Waals surface area (Å²) >= 11 is 0. The van der Waals surface area contributed by atoms with Gasteiger partial charge < -0.3 is 0 Å². The third-order valence-corrected chi connectivity index (χ3v) is 2.26. The molecule has 0 atom stereocenters. The highest BCUT2D eigenvalue weighted by atomic mass is 14.9. The van der Waals surface area contributed by atoms with Crippen molar-refractivity contribution in [3.8, 4) is 0 Å². The van der Waals surface area contributed by atoms with E-state index in [2.05, 4.69) is 55.1 Å². The van der Waals surface area contributed by atoms with Crippen molar-refractivity contribution in [2.24, 2.45) is 7.05 Å². The van der Waals surface area contributed by atoms with Crippen LogP contribution in [0.5, 0.6) is 0 Å². The Morgan fingerprint density at radius 1 is 0.875 bits per heavy atom. The van der Waals surface area contributed by atoms with Gasteiger partial charge in [-0.3, -0.25) is 0 Å². The van der Waals surface area contributed by atoms with Gasteiger partial charge in [-0.1, -0.05) is 39.8 Å². The summed E-state index contributed by atoms with van der Waals surface area (Å²) in [4.78, 5) is 0. The summed E-state index contributed by atoms with van der Waals surface area (Å²) in [5.41, 5.74) is 2.63. The Hall–Kier alpha value is -1.37. The second-order valence-corrected chi connectivity index (χ2v) is 3.13. The Bertz CT molecular complexity index is 378. The highest BCUT2D eigenvalue weighted by Crippen LogP contribution is 2.12. The number of rotatable bonds is 0. The first-order valence-corrected chi connectivity index (χ1v) is 6.13. The van der Waals surface area contributed by atoms with Gasteiger partial charge in [-0.05, 0) is 18.6 Å². The minimum Gasteiger partial charge on any atom is -0.201 e. The average Bonchev–Trinajstić information content (AvgIpc) is 2.39. The first-order chi connectivity index (χ1) is 7.79. The zero-order valence-electron chi connectivity index (χ0n) is 11.4. The van der Waals surface area contributed by atoms with E-state index in [0.29, 0.717) is 0 Å². The Balaban J connectivity index is 0.000000509. The fraction of sp³-hybridized carbons (Fsp3) is 0.400. The van der Waals surface area contributed by atoms with E-state index in [4.69, 9.17) is 0 Å². The maximum Gasteiger partial charge on any atom is 0.212 e. The van der Waals surface area contributed by atoms with Crippen LogP contribution in [-0.4, -0.2) is 0 Å². The van der Waals surface area contributed by atoms with E-state index >= 15 is 0 Å². The van der Waals surface area contributed by atoms with Gasteiger partial charge in [-0.25, -0.2) is 4.57 Å². The number of aromatic nitrogens is 1. The lowest BCUT2D eigenvalue weighted by molar-refractivity contribution is -0.644. The van der Waals surface area contributed by atoms with E-state index in [1.54, 1.807) is 0 Å². The second kappa shape index (κ2) is 7.86. The van der Waals surface area contributed by atoms with Crippen molar-refractivity contribution >= 4 is 10.9 Å². The molecule has 2 aromatic rings. The fourth-order valence-electron chi connectivity index (χ4n) is 1.51. The lowest BCUT2D eigenvalue weighted by atomic mass is 10.1. The van der Waals surface area contributed by atoms with Gasteiger partial charge in [0.25, 0.3) is 0 Å². The SMILES string of the molecule is CC.CC.Cc1cc[n+](C)c2ccccc12. The van der Waals surface area contributed by atoms with Crippen LogP contribution in [0.15, 0.2) is 36.5 Å². The number of fused-ring (bicyclic) bond motifs is 1. The number of aryl methyl sites for hydroxylation is 2. The molecule has 0 aliphatic rings. The van der Waals surface area contributed by atoms with E-state index in [1.807, 2.05) is 27.7 Å². The maximum absolute atomic E-state index is 2.16. The number of nitrogens with zero attached hydrogens (tertiary/aromatic N) is 1. The Morgan fingerprint density at radius 3 is 2.00 bits per heavy atom. The van der Waals surface area contributed by atoms with Gasteiger partial charge in [0.15, 0.2) is 6.20 Å². The van der Waals surface area contributed by atoms with Crippen LogP contribution in [0.2, 0.25) is 0 Å². The molecule has 88 valence electrons. The normalized spacial score (nSPS) is 8.62. The molecule has 0 radical (unpaired) electrons. The smallest absolute Gasteiger partial charge is 0.201 e. The van der Waals surface area contributed by atoms with E-state index < -0.39 is 0 Å². The van der Waals surface area contributed by atoms with Gasteiger partial charge >= 0.3 is 0 Å². The highest BCUT2D eigenvalue weighted by Gasteiger charge is 2.04. The number of para-hydroxylation sites is 1. The molecule has 0 aliphatic heterocycles. The van der Waals surface area contributed by atoms with Crippen LogP contribution in [0.3, 0.4) is 0 Å². The predicted molar refractivity (Wildman–Crippen MR) is 72.6 cm³/mol. The van der Waals surface area contributed by atoms with Gasteiger partial charge in [-0.15, -0.1) is 0 Å². The summed E-state index contributed by atoms with van der Waals surface area (Å²) in [7, 11) is 2.07. The first-order valence-electron chi connectivity index (χ1n) is 6.13. The molecular formula is C15H24N+. The van der Waals surface area contributed by atoms with Crippen LogP contribution in [0.4, 0.5) is 0 Å². The van der Waals surface area contributed by atoms with E-state index in [1.165, 1.54) is 16.5 Å². The lowest BCUT2D eigenvalue weighted by Crippen LogP contribution is -2.28. The minimum absolute atomic E-state index is 1.29. The molecule has 0 fully saturated rings. The van der Waals surface area contributed by atoms with Crippen LogP contribution < -0.4 is 4.57 Å². The summed E-state index contributed by atoms with van der Waals surface area (Å²) < 4.78 is 2.14. The molecule has 0 unspecified atom stereocenters. The van der Waals surface area contributed by atoms with Gasteiger partial charge in [-0.2, -0.15) is 0 Å². The average molecular weight is 218 g/mol. The molecule has 1 heteroatoms. The molecule has 0 saturated carbocycles. The van der Waals surface area contributed by atoms with Crippen LogP contribution in [0.25, 0.3) is 10.9 Å². The molecular weight excluding hydrogens is 194 g/mol. The van der Waals surface area contributed by atoms with Gasteiger partial charge in [0.05, 0.1) is 0 Å². The van der Waals surface area contributed by atoms with E-state index in [0.717, 1.165) is 0 Å². The van der Waals surface area contributed by atoms with Crippen molar-refractivity contribution in [2.75, 3.05) is 0 Å². The summed E-state index contributed by atoms with van der Waals surface area (Å²) in [6, 6.07) is 10.6. The molecule has 1 heterocycles. The van der Waals surface area contributed by atoms with Crippen LogP contribution in [0.1, 0.15) is 33.3 Å². The number of benzene rings is 1. The molecule has 0 amide bonds. The zero-order chi connectivity index (χ0) is 12.6. The maximum atomic E-state index is 2.16. The molecule has 0 saturated heterocycles. The molecule has 2 rings (SSSR count). The molecule has 0 N–H and O–H groups in total. The van der Waals surface area contributed by atoms with E-state index in [-0.39, 0.29) is 0 Å². The molecule has 0 bridgehead atoms. The first kappa shape index (κ1) is 14.6. The lowest BCUT2D eigenvalue weighted by Gasteiger charge is -1.98. The Kier molecular flexibility index (Phi) is 7.19. The van der Waals surface area contributed by atoms with Crippen molar-refractivity contribution in [1.82, 2.24) is 0 Å². The van der Waals surface area contributed by atoms with Gasteiger partial charge in [0.1, 0.15) is 7.05 Å². The summed E-state index contributed by atoms with van der Waals surface area (Å²) in [5.74, 6) is 0. The third-order valence-electron chi connectivity index (χ3n) is 2.26. The molecule has 1 aromatic carbocycles. The van der Waals surface area contributed by atoms with Crippen molar-refractivity contribution in [3.63, 3.8) is 0 Å². The van der Waals surface area contributed by atoms with Crippen LogP contribution >= 0.6 is 0 Å². The van der Waals surface area contributed by atoms with E-state index in [9.17, 15) is 0 Å². The summed E-state index contributed by atoms with van der Waals surface area (Å²) in [6.45, 7) is 10.1. The van der Waals surface area contributed by atoms with Crippen LogP contribution in [0, 0.1) is 6.92 Å². The highest BCUT2D eigenvalue weighted by molar-refractivity contribution is 5.78. The quantitative estimate of drug-likeness (QED) is 0.588. The molecule has 1 nitrogen and oxygen atoms in total. The van der Waals surface area contributed by atoms with Crippen molar-refractivity contribution in [2.45, 2.75) is 34.6 Å². The number of pyridine rings is 1.